The first kappa shape index (κ1) is 15.1. The number of hydrogen-bond acceptors (Lipinski definition) is 3. The maximum Gasteiger partial charge on any atom is 0.119 e. The summed E-state index contributed by atoms with van der Waals surface area (Å²) >= 11 is 1.86. The van der Waals surface area contributed by atoms with Crippen LogP contribution in [-0.2, 0) is 6.54 Å². The minimum absolute atomic E-state index is 0.383. The molecule has 1 N–H and O–H groups in total. The molecule has 3 heteroatoms. The maximum atomic E-state index is 5.66. The number of benzene rings is 1. The van der Waals surface area contributed by atoms with Crippen LogP contribution in [0.5, 0.6) is 5.75 Å². The van der Waals surface area contributed by atoms with Gasteiger partial charge in [-0.2, -0.15) is 0 Å². The first-order valence-electron chi connectivity index (χ1n) is 7.20. The summed E-state index contributed by atoms with van der Waals surface area (Å²) in [4.78, 5) is 2.75. The Bertz CT molecular complexity index is 535. The van der Waals surface area contributed by atoms with Gasteiger partial charge in [0.05, 0.1) is 6.61 Å². The Morgan fingerprint density at radius 3 is 2.80 bits per heavy atom. The average molecular weight is 289 g/mol. The van der Waals surface area contributed by atoms with E-state index in [4.69, 9.17) is 4.74 Å². The molecule has 20 heavy (non-hydrogen) atoms. The molecule has 0 aliphatic carbocycles. The molecule has 0 fully saturated rings. The van der Waals surface area contributed by atoms with Crippen LogP contribution in [0.2, 0.25) is 0 Å². The van der Waals surface area contributed by atoms with Crippen LogP contribution in [-0.4, -0.2) is 6.61 Å². The van der Waals surface area contributed by atoms with Crippen molar-refractivity contribution in [2.75, 3.05) is 6.61 Å². The molecule has 0 saturated heterocycles. The van der Waals surface area contributed by atoms with Gasteiger partial charge in [-0.05, 0) is 50.1 Å². The van der Waals surface area contributed by atoms with Crippen molar-refractivity contribution in [3.8, 4) is 5.75 Å². The minimum atomic E-state index is 0.383. The Balaban J connectivity index is 1.90. The molecule has 0 spiro atoms. The number of nitrogens with one attached hydrogen (secondary N) is 1. The molecule has 0 amide bonds. The molecule has 1 aromatic carbocycles. The van der Waals surface area contributed by atoms with Crippen molar-refractivity contribution in [3.05, 3.63) is 51.7 Å². The second kappa shape index (κ2) is 7.46. The molecule has 2 nitrogen and oxygen atoms in total. The zero-order chi connectivity index (χ0) is 14.4. The highest BCUT2D eigenvalue weighted by atomic mass is 32.1. The first-order valence-corrected chi connectivity index (χ1v) is 8.02. The van der Waals surface area contributed by atoms with Crippen LogP contribution in [0.15, 0.2) is 36.4 Å². The van der Waals surface area contributed by atoms with Gasteiger partial charge in [0, 0.05) is 22.3 Å². The second-order valence-corrected chi connectivity index (χ2v) is 6.37. The zero-order valence-corrected chi connectivity index (χ0v) is 13.3. The highest BCUT2D eigenvalue weighted by Gasteiger charge is 2.07. The number of rotatable bonds is 7. The van der Waals surface area contributed by atoms with Crippen molar-refractivity contribution in [3.63, 3.8) is 0 Å². The summed E-state index contributed by atoms with van der Waals surface area (Å²) in [6, 6.07) is 13.1. The fraction of sp³-hybridized carbons (Fsp3) is 0.412. The highest BCUT2D eigenvalue weighted by molar-refractivity contribution is 7.12. The molecule has 2 aromatic rings. The lowest BCUT2D eigenvalue weighted by Crippen LogP contribution is -2.17. The molecule has 108 valence electrons. The van der Waals surface area contributed by atoms with Gasteiger partial charge in [0.1, 0.15) is 5.75 Å². The van der Waals surface area contributed by atoms with E-state index in [-0.39, 0.29) is 0 Å². The Hall–Kier alpha value is -1.32. The lowest BCUT2D eigenvalue weighted by molar-refractivity contribution is 0.317. The van der Waals surface area contributed by atoms with Crippen LogP contribution in [0.1, 0.15) is 41.6 Å². The molecular formula is C17H23NOS. The van der Waals surface area contributed by atoms with E-state index in [0.717, 1.165) is 25.3 Å². The molecule has 0 bridgehead atoms. The molecule has 0 aliphatic rings. The normalized spacial score (nSPS) is 12.3. The Labute approximate surface area is 125 Å². The van der Waals surface area contributed by atoms with E-state index in [1.165, 1.54) is 15.3 Å². The summed E-state index contributed by atoms with van der Waals surface area (Å²) < 4.78 is 5.66. The van der Waals surface area contributed by atoms with Gasteiger partial charge in [-0.25, -0.2) is 0 Å². The van der Waals surface area contributed by atoms with Crippen LogP contribution < -0.4 is 10.1 Å². The fourth-order valence-electron chi connectivity index (χ4n) is 2.02. The van der Waals surface area contributed by atoms with Gasteiger partial charge in [-0.3, -0.25) is 0 Å². The van der Waals surface area contributed by atoms with Crippen molar-refractivity contribution >= 4 is 11.3 Å². The Morgan fingerprint density at radius 1 is 1.25 bits per heavy atom. The summed E-state index contributed by atoms with van der Waals surface area (Å²) in [6.07, 6.45) is 1.04. The maximum absolute atomic E-state index is 5.66. The summed E-state index contributed by atoms with van der Waals surface area (Å²) in [5, 5.41) is 3.57. The van der Waals surface area contributed by atoms with Gasteiger partial charge in [-0.1, -0.05) is 19.1 Å². The van der Waals surface area contributed by atoms with Gasteiger partial charge in [0.2, 0.25) is 0 Å². The van der Waals surface area contributed by atoms with Gasteiger partial charge in [0.15, 0.2) is 0 Å². The van der Waals surface area contributed by atoms with Crippen molar-refractivity contribution < 1.29 is 4.74 Å². The smallest absolute Gasteiger partial charge is 0.119 e. The van der Waals surface area contributed by atoms with Crippen molar-refractivity contribution in [2.24, 2.45) is 0 Å². The van der Waals surface area contributed by atoms with Crippen molar-refractivity contribution in [1.29, 1.82) is 0 Å². The van der Waals surface area contributed by atoms with Gasteiger partial charge in [0.25, 0.3) is 0 Å². The van der Waals surface area contributed by atoms with E-state index in [2.05, 4.69) is 56.4 Å². The van der Waals surface area contributed by atoms with E-state index >= 15 is 0 Å². The third-order valence-corrected chi connectivity index (χ3v) is 4.35. The molecule has 1 unspecified atom stereocenters. The zero-order valence-electron chi connectivity index (χ0n) is 12.5. The molecule has 0 radical (unpaired) electrons. The standard InChI is InChI=1S/C17H23NOS/c1-4-10-19-16-7-5-6-15(11-16)12-18-14(3)17-9-8-13(2)20-17/h5-9,11,14,18H,4,10,12H2,1-3H3. The molecule has 2 rings (SSSR count). The van der Waals surface area contributed by atoms with E-state index in [0.29, 0.717) is 6.04 Å². The third kappa shape index (κ3) is 4.36. The summed E-state index contributed by atoms with van der Waals surface area (Å²) in [6.45, 7) is 8.12. The minimum Gasteiger partial charge on any atom is -0.494 e. The number of thiophene rings is 1. The molecule has 1 atom stereocenters. The average Bonchev–Trinajstić information content (AvgIpc) is 2.90. The Morgan fingerprint density at radius 2 is 2.10 bits per heavy atom. The molecule has 1 heterocycles. The summed E-state index contributed by atoms with van der Waals surface area (Å²) in [5.41, 5.74) is 1.26. The van der Waals surface area contributed by atoms with Gasteiger partial charge in [-0.15, -0.1) is 11.3 Å². The summed E-state index contributed by atoms with van der Waals surface area (Å²) in [7, 11) is 0. The third-order valence-electron chi connectivity index (χ3n) is 3.17. The van der Waals surface area contributed by atoms with Crippen LogP contribution in [0.25, 0.3) is 0 Å². The number of aryl methyl sites for hydroxylation is 1. The van der Waals surface area contributed by atoms with E-state index in [9.17, 15) is 0 Å². The largest absolute Gasteiger partial charge is 0.494 e. The van der Waals surface area contributed by atoms with Crippen LogP contribution in [0.4, 0.5) is 0 Å². The fourth-order valence-corrected chi connectivity index (χ4v) is 2.93. The first-order chi connectivity index (χ1) is 9.69. The highest BCUT2D eigenvalue weighted by Crippen LogP contribution is 2.23. The van der Waals surface area contributed by atoms with Crippen molar-refractivity contribution in [1.82, 2.24) is 5.32 Å². The quantitative estimate of drug-likeness (QED) is 0.798. The molecule has 1 aromatic heterocycles. The van der Waals surface area contributed by atoms with Crippen LogP contribution in [0, 0.1) is 6.92 Å². The SMILES string of the molecule is CCCOc1cccc(CNC(C)c2ccc(C)s2)c1. The van der Waals surface area contributed by atoms with Crippen LogP contribution in [0.3, 0.4) is 0 Å². The van der Waals surface area contributed by atoms with E-state index in [1.54, 1.807) is 0 Å². The van der Waals surface area contributed by atoms with Gasteiger partial charge < -0.3 is 10.1 Å². The molecule has 0 aliphatic heterocycles. The lowest BCUT2D eigenvalue weighted by Gasteiger charge is -2.13. The van der Waals surface area contributed by atoms with Crippen LogP contribution >= 0.6 is 11.3 Å². The van der Waals surface area contributed by atoms with E-state index < -0.39 is 0 Å². The molecular weight excluding hydrogens is 266 g/mol. The van der Waals surface area contributed by atoms with Gasteiger partial charge >= 0.3 is 0 Å². The monoisotopic (exact) mass is 289 g/mol. The lowest BCUT2D eigenvalue weighted by atomic mass is 10.2. The number of hydrogen-bond donors (Lipinski definition) is 1. The van der Waals surface area contributed by atoms with Crippen molar-refractivity contribution in [2.45, 2.75) is 39.8 Å². The predicted molar refractivity (Wildman–Crippen MR) is 86.5 cm³/mol. The second-order valence-electron chi connectivity index (χ2n) is 5.05. The van der Waals surface area contributed by atoms with E-state index in [1.807, 2.05) is 17.4 Å². The number of ether oxygens (including phenoxy) is 1. The summed E-state index contributed by atoms with van der Waals surface area (Å²) in [5.74, 6) is 0.964. The molecule has 0 saturated carbocycles. The topological polar surface area (TPSA) is 21.3 Å². The predicted octanol–water partition coefficient (Wildman–Crippen LogP) is 4.70. The Kier molecular flexibility index (Phi) is 5.62.